The molecule has 7 heteroatoms. The second-order valence-electron chi connectivity index (χ2n) is 7.80. The Hall–Kier alpha value is -2.15. The zero-order chi connectivity index (χ0) is 19.0. The first-order chi connectivity index (χ1) is 13.0. The van der Waals surface area contributed by atoms with Gasteiger partial charge in [-0.2, -0.15) is 0 Å². The third kappa shape index (κ3) is 3.29. The molecule has 1 spiro atoms. The van der Waals surface area contributed by atoms with Gasteiger partial charge in [0, 0.05) is 30.9 Å². The number of benzene rings is 1. The van der Waals surface area contributed by atoms with E-state index in [1.807, 2.05) is 0 Å². The highest BCUT2D eigenvalue weighted by molar-refractivity contribution is 6.06. The molecular formula is C20H26FN3O3. The van der Waals surface area contributed by atoms with Crippen molar-refractivity contribution in [1.29, 1.82) is 0 Å². The Balaban J connectivity index is 1.38. The van der Waals surface area contributed by atoms with Gasteiger partial charge in [-0.3, -0.25) is 9.69 Å². The minimum Gasteiger partial charge on any atom is -0.450 e. The van der Waals surface area contributed by atoms with Gasteiger partial charge in [-0.15, -0.1) is 0 Å². The normalized spacial score (nSPS) is 30.2. The lowest BCUT2D eigenvalue weighted by atomic mass is 9.68. The standard InChI is InChI=1S/C20H26FN3O3/c1-2-27-19(26)22-14-7-10-24(12-14)15-5-8-20(9-6-15)16-4-3-13(21)11-17(16)23-18(20)25/h3-4,11,14-15H,2,5-10,12H2,1H3,(H,22,26)(H,23,25). The summed E-state index contributed by atoms with van der Waals surface area (Å²) in [5.74, 6) is -0.318. The van der Waals surface area contributed by atoms with Crippen LogP contribution in [0.15, 0.2) is 18.2 Å². The minimum absolute atomic E-state index is 0.00447. The zero-order valence-electron chi connectivity index (χ0n) is 15.6. The van der Waals surface area contributed by atoms with Crippen LogP contribution in [0.5, 0.6) is 0 Å². The van der Waals surface area contributed by atoms with Crippen LogP contribution in [0.25, 0.3) is 0 Å². The van der Waals surface area contributed by atoms with Gasteiger partial charge in [0.15, 0.2) is 0 Å². The summed E-state index contributed by atoms with van der Waals surface area (Å²) in [7, 11) is 0. The Kier molecular flexibility index (Phi) is 4.80. The Labute approximate surface area is 158 Å². The smallest absolute Gasteiger partial charge is 0.407 e. The maximum Gasteiger partial charge on any atom is 0.407 e. The van der Waals surface area contributed by atoms with E-state index in [0.29, 0.717) is 18.3 Å². The molecule has 1 saturated carbocycles. The molecule has 4 rings (SSSR count). The topological polar surface area (TPSA) is 70.7 Å². The quantitative estimate of drug-likeness (QED) is 0.852. The monoisotopic (exact) mass is 375 g/mol. The van der Waals surface area contributed by atoms with Crippen molar-refractivity contribution >= 4 is 17.7 Å². The molecule has 2 aliphatic heterocycles. The molecule has 1 aromatic carbocycles. The van der Waals surface area contributed by atoms with Crippen molar-refractivity contribution < 1.29 is 18.7 Å². The fourth-order valence-corrected chi connectivity index (χ4v) is 4.93. The third-order valence-corrected chi connectivity index (χ3v) is 6.32. The summed E-state index contributed by atoms with van der Waals surface area (Å²) in [6.45, 7) is 3.94. The van der Waals surface area contributed by atoms with Crippen molar-refractivity contribution in [2.75, 3.05) is 25.0 Å². The Bertz CT molecular complexity index is 746. The summed E-state index contributed by atoms with van der Waals surface area (Å²) in [6, 6.07) is 5.16. The van der Waals surface area contributed by atoms with E-state index in [-0.39, 0.29) is 23.9 Å². The fourth-order valence-electron chi connectivity index (χ4n) is 4.93. The van der Waals surface area contributed by atoms with Gasteiger partial charge < -0.3 is 15.4 Å². The number of carbonyl (C=O) groups is 2. The molecule has 1 aliphatic carbocycles. The first-order valence-electron chi connectivity index (χ1n) is 9.80. The number of amides is 2. The summed E-state index contributed by atoms with van der Waals surface area (Å²) in [5.41, 5.74) is 1.05. The van der Waals surface area contributed by atoms with Gasteiger partial charge in [0.2, 0.25) is 5.91 Å². The van der Waals surface area contributed by atoms with Gasteiger partial charge in [0.05, 0.1) is 12.0 Å². The van der Waals surface area contributed by atoms with Crippen LogP contribution in [0.2, 0.25) is 0 Å². The first kappa shape index (κ1) is 18.2. The lowest BCUT2D eigenvalue weighted by molar-refractivity contribution is -0.122. The van der Waals surface area contributed by atoms with Crippen molar-refractivity contribution in [2.24, 2.45) is 0 Å². The Morgan fingerprint density at radius 2 is 2.15 bits per heavy atom. The van der Waals surface area contributed by atoms with Crippen molar-refractivity contribution in [3.05, 3.63) is 29.6 Å². The molecule has 1 saturated heterocycles. The molecule has 1 unspecified atom stereocenters. The minimum atomic E-state index is -0.512. The molecular weight excluding hydrogens is 349 g/mol. The zero-order valence-corrected chi connectivity index (χ0v) is 15.6. The third-order valence-electron chi connectivity index (χ3n) is 6.32. The second-order valence-corrected chi connectivity index (χ2v) is 7.80. The average Bonchev–Trinajstić information content (AvgIpc) is 3.19. The first-order valence-corrected chi connectivity index (χ1v) is 9.80. The van der Waals surface area contributed by atoms with Gasteiger partial charge in [-0.1, -0.05) is 6.07 Å². The van der Waals surface area contributed by atoms with E-state index in [0.717, 1.165) is 50.8 Å². The van der Waals surface area contributed by atoms with Crippen LogP contribution in [0.1, 0.15) is 44.6 Å². The highest BCUT2D eigenvalue weighted by Gasteiger charge is 2.49. The number of alkyl carbamates (subject to hydrolysis) is 1. The number of hydrogen-bond acceptors (Lipinski definition) is 4. The lowest BCUT2D eigenvalue weighted by Crippen LogP contribution is -2.45. The summed E-state index contributed by atoms with van der Waals surface area (Å²) in [5, 5.41) is 5.79. The number of halogens is 1. The number of carbonyl (C=O) groups excluding carboxylic acids is 2. The number of fused-ring (bicyclic) bond motifs is 2. The van der Waals surface area contributed by atoms with E-state index in [1.165, 1.54) is 12.1 Å². The van der Waals surface area contributed by atoms with E-state index < -0.39 is 5.41 Å². The van der Waals surface area contributed by atoms with Gasteiger partial charge in [-0.05, 0) is 56.7 Å². The van der Waals surface area contributed by atoms with Gasteiger partial charge >= 0.3 is 6.09 Å². The molecule has 27 heavy (non-hydrogen) atoms. The molecule has 0 radical (unpaired) electrons. The van der Waals surface area contributed by atoms with Crippen molar-refractivity contribution in [2.45, 2.75) is 56.5 Å². The largest absolute Gasteiger partial charge is 0.450 e. The SMILES string of the molecule is CCOC(=O)NC1CCN(C2CCC3(CC2)C(=O)Nc2cc(F)ccc23)C1. The van der Waals surface area contributed by atoms with Crippen LogP contribution < -0.4 is 10.6 Å². The van der Waals surface area contributed by atoms with Crippen LogP contribution in [-0.4, -0.2) is 48.7 Å². The van der Waals surface area contributed by atoms with Crippen molar-refractivity contribution in [3.63, 3.8) is 0 Å². The molecule has 2 fully saturated rings. The molecule has 0 aromatic heterocycles. The number of nitrogens with zero attached hydrogens (tertiary/aromatic N) is 1. The highest BCUT2D eigenvalue weighted by Crippen LogP contribution is 2.48. The van der Waals surface area contributed by atoms with Crippen LogP contribution >= 0.6 is 0 Å². The predicted octanol–water partition coefficient (Wildman–Crippen LogP) is 2.78. The molecule has 0 bridgehead atoms. The lowest BCUT2D eigenvalue weighted by Gasteiger charge is -2.39. The van der Waals surface area contributed by atoms with Gasteiger partial charge in [-0.25, -0.2) is 9.18 Å². The van der Waals surface area contributed by atoms with Gasteiger partial charge in [0.25, 0.3) is 0 Å². The number of hydrogen-bond donors (Lipinski definition) is 2. The Morgan fingerprint density at radius 1 is 1.37 bits per heavy atom. The fraction of sp³-hybridized carbons (Fsp3) is 0.600. The molecule has 3 aliphatic rings. The molecule has 1 aromatic rings. The van der Waals surface area contributed by atoms with Crippen molar-refractivity contribution in [3.8, 4) is 0 Å². The summed E-state index contributed by atoms with van der Waals surface area (Å²) in [6.07, 6.45) is 3.97. The molecule has 2 amide bonds. The second kappa shape index (κ2) is 7.11. The van der Waals surface area contributed by atoms with Gasteiger partial charge in [0.1, 0.15) is 5.82 Å². The predicted molar refractivity (Wildman–Crippen MR) is 99.1 cm³/mol. The summed E-state index contributed by atoms with van der Waals surface area (Å²) < 4.78 is 18.5. The maximum absolute atomic E-state index is 13.5. The highest BCUT2D eigenvalue weighted by atomic mass is 19.1. The van der Waals surface area contributed by atoms with Crippen LogP contribution in [-0.2, 0) is 14.9 Å². The average molecular weight is 375 g/mol. The van der Waals surface area contributed by atoms with E-state index in [2.05, 4.69) is 15.5 Å². The number of anilines is 1. The summed E-state index contributed by atoms with van der Waals surface area (Å²) >= 11 is 0. The van der Waals surface area contributed by atoms with E-state index in [9.17, 15) is 14.0 Å². The van der Waals surface area contributed by atoms with Crippen LogP contribution in [0, 0.1) is 5.82 Å². The number of ether oxygens (including phenoxy) is 1. The van der Waals surface area contributed by atoms with Crippen LogP contribution in [0.3, 0.4) is 0 Å². The van der Waals surface area contributed by atoms with E-state index >= 15 is 0 Å². The van der Waals surface area contributed by atoms with Crippen LogP contribution in [0.4, 0.5) is 14.9 Å². The molecule has 1 atom stereocenters. The number of likely N-dealkylation sites (tertiary alicyclic amines) is 1. The number of rotatable bonds is 3. The van der Waals surface area contributed by atoms with E-state index in [4.69, 9.17) is 4.74 Å². The maximum atomic E-state index is 13.5. The molecule has 2 heterocycles. The Morgan fingerprint density at radius 3 is 2.89 bits per heavy atom. The molecule has 2 N–H and O–H groups in total. The van der Waals surface area contributed by atoms with E-state index in [1.54, 1.807) is 13.0 Å². The summed E-state index contributed by atoms with van der Waals surface area (Å²) in [4.78, 5) is 26.7. The number of nitrogens with one attached hydrogen (secondary N) is 2. The molecule has 6 nitrogen and oxygen atoms in total. The van der Waals surface area contributed by atoms with Crippen molar-refractivity contribution in [1.82, 2.24) is 10.2 Å². The molecule has 146 valence electrons.